The fourth-order valence-corrected chi connectivity index (χ4v) is 3.57. The molecular formula is C21H26N4O3S. The molecule has 0 saturated carbocycles. The predicted molar refractivity (Wildman–Crippen MR) is 111 cm³/mol. The van der Waals surface area contributed by atoms with Crippen molar-refractivity contribution < 1.29 is 13.9 Å². The van der Waals surface area contributed by atoms with Gasteiger partial charge in [0.2, 0.25) is 17.7 Å². The highest BCUT2D eigenvalue weighted by atomic mass is 32.1. The first-order chi connectivity index (χ1) is 14.0. The van der Waals surface area contributed by atoms with Crippen molar-refractivity contribution in [1.29, 1.82) is 0 Å². The van der Waals surface area contributed by atoms with Crippen molar-refractivity contribution in [2.45, 2.75) is 52.0 Å². The Hall–Kier alpha value is -2.74. The minimum absolute atomic E-state index is 0.0553. The first-order valence-corrected chi connectivity index (χ1v) is 10.6. The van der Waals surface area contributed by atoms with Crippen LogP contribution in [-0.2, 0) is 30.6 Å². The van der Waals surface area contributed by atoms with Gasteiger partial charge in [0, 0.05) is 30.6 Å². The molecule has 1 amide bonds. The van der Waals surface area contributed by atoms with E-state index in [1.807, 2.05) is 29.6 Å². The molecule has 0 spiro atoms. The average Bonchev–Trinajstić information content (AvgIpc) is 3.39. The zero-order valence-corrected chi connectivity index (χ0v) is 17.8. The summed E-state index contributed by atoms with van der Waals surface area (Å²) in [5, 5.41) is 14.1. The highest BCUT2D eigenvalue weighted by Crippen LogP contribution is 2.19. The summed E-state index contributed by atoms with van der Waals surface area (Å²) < 4.78 is 10.9. The molecule has 0 bridgehead atoms. The van der Waals surface area contributed by atoms with Crippen LogP contribution in [0.25, 0.3) is 0 Å². The van der Waals surface area contributed by atoms with Crippen molar-refractivity contribution in [3.63, 3.8) is 0 Å². The number of ether oxygens (including phenoxy) is 1. The number of amides is 1. The maximum Gasteiger partial charge on any atom is 0.220 e. The van der Waals surface area contributed by atoms with Crippen LogP contribution in [0, 0.1) is 0 Å². The molecule has 1 aromatic carbocycles. The van der Waals surface area contributed by atoms with Gasteiger partial charge in [0.25, 0.3) is 0 Å². The maximum absolute atomic E-state index is 12.1. The van der Waals surface area contributed by atoms with Crippen molar-refractivity contribution in [2.24, 2.45) is 0 Å². The topological polar surface area (TPSA) is 90.1 Å². The summed E-state index contributed by atoms with van der Waals surface area (Å²) in [6.45, 7) is 4.66. The van der Waals surface area contributed by atoms with Crippen molar-refractivity contribution in [3.05, 3.63) is 57.7 Å². The number of methoxy groups -OCH3 is 1. The fraction of sp³-hybridized carbons (Fsp3) is 0.429. The number of hydrogen-bond donors (Lipinski definition) is 1. The number of aromatic nitrogens is 3. The van der Waals surface area contributed by atoms with Crippen LogP contribution in [0.1, 0.15) is 54.2 Å². The van der Waals surface area contributed by atoms with Gasteiger partial charge in [-0.05, 0) is 24.1 Å². The lowest BCUT2D eigenvalue weighted by atomic mass is 10.1. The van der Waals surface area contributed by atoms with Crippen LogP contribution >= 0.6 is 11.3 Å². The largest absolute Gasteiger partial charge is 0.497 e. The van der Waals surface area contributed by atoms with Crippen LogP contribution in [0.3, 0.4) is 0 Å². The Morgan fingerprint density at radius 3 is 2.72 bits per heavy atom. The highest BCUT2D eigenvalue weighted by molar-refractivity contribution is 7.09. The number of nitrogens with one attached hydrogen (secondary N) is 1. The van der Waals surface area contributed by atoms with E-state index in [0.29, 0.717) is 43.5 Å². The van der Waals surface area contributed by atoms with E-state index < -0.39 is 0 Å². The molecule has 0 fully saturated rings. The first-order valence-electron chi connectivity index (χ1n) is 9.68. The van der Waals surface area contributed by atoms with E-state index in [2.05, 4.69) is 34.3 Å². The lowest BCUT2D eigenvalue weighted by molar-refractivity contribution is -0.121. The SMILES string of the molecule is COc1cccc(CCc2nnc(CCC(=O)NCc3csc(C(C)C)n3)o2)c1. The van der Waals surface area contributed by atoms with Gasteiger partial charge in [0.1, 0.15) is 5.75 Å². The Labute approximate surface area is 174 Å². The molecule has 0 aliphatic carbocycles. The zero-order chi connectivity index (χ0) is 20.6. The van der Waals surface area contributed by atoms with Gasteiger partial charge >= 0.3 is 0 Å². The average molecular weight is 415 g/mol. The Morgan fingerprint density at radius 1 is 1.21 bits per heavy atom. The number of benzene rings is 1. The molecule has 154 valence electrons. The van der Waals surface area contributed by atoms with Gasteiger partial charge in [0.05, 0.1) is 24.4 Å². The number of hydrogen-bond acceptors (Lipinski definition) is 7. The molecule has 2 heterocycles. The Kier molecular flexibility index (Phi) is 7.35. The monoisotopic (exact) mass is 414 g/mol. The normalized spacial score (nSPS) is 11.0. The lowest BCUT2D eigenvalue weighted by Crippen LogP contribution is -2.23. The fourth-order valence-electron chi connectivity index (χ4n) is 2.74. The van der Waals surface area contributed by atoms with E-state index in [-0.39, 0.29) is 5.91 Å². The lowest BCUT2D eigenvalue weighted by Gasteiger charge is -2.03. The summed E-state index contributed by atoms with van der Waals surface area (Å²) >= 11 is 1.62. The van der Waals surface area contributed by atoms with Crippen LogP contribution in [0.15, 0.2) is 34.1 Å². The van der Waals surface area contributed by atoms with Crippen LogP contribution < -0.4 is 10.1 Å². The van der Waals surface area contributed by atoms with E-state index in [9.17, 15) is 4.79 Å². The molecule has 2 aromatic heterocycles. The standard InChI is InChI=1S/C21H26N4O3S/c1-14(2)21-23-16(13-29-21)12-22-18(26)8-10-20-25-24-19(28-20)9-7-15-5-4-6-17(11-15)27-3/h4-6,11,13-14H,7-10,12H2,1-3H3,(H,22,26). The molecule has 0 aliphatic rings. The molecule has 0 saturated heterocycles. The molecule has 7 nitrogen and oxygen atoms in total. The third-order valence-corrected chi connectivity index (χ3v) is 5.56. The molecule has 29 heavy (non-hydrogen) atoms. The number of aryl methyl sites for hydroxylation is 3. The zero-order valence-electron chi connectivity index (χ0n) is 17.0. The van der Waals surface area contributed by atoms with Gasteiger partial charge in [-0.2, -0.15) is 0 Å². The molecule has 3 aromatic rings. The molecule has 1 N–H and O–H groups in total. The Bertz CT molecular complexity index is 935. The highest BCUT2D eigenvalue weighted by Gasteiger charge is 2.11. The van der Waals surface area contributed by atoms with Crippen LogP contribution in [0.2, 0.25) is 0 Å². The molecule has 0 radical (unpaired) electrons. The molecular weight excluding hydrogens is 388 g/mol. The van der Waals surface area contributed by atoms with Crippen molar-refractivity contribution >= 4 is 17.2 Å². The summed E-state index contributed by atoms with van der Waals surface area (Å²) in [5.74, 6) is 2.24. The summed E-state index contributed by atoms with van der Waals surface area (Å²) in [7, 11) is 1.65. The minimum Gasteiger partial charge on any atom is -0.497 e. The van der Waals surface area contributed by atoms with E-state index in [1.54, 1.807) is 18.4 Å². The Morgan fingerprint density at radius 2 is 2.00 bits per heavy atom. The van der Waals surface area contributed by atoms with Crippen LogP contribution in [0.5, 0.6) is 5.75 Å². The number of nitrogens with zero attached hydrogens (tertiary/aromatic N) is 3. The molecule has 0 unspecified atom stereocenters. The molecule has 0 aliphatic heterocycles. The predicted octanol–water partition coefficient (Wildman–Crippen LogP) is 3.69. The third-order valence-electron chi connectivity index (χ3n) is 4.37. The Balaban J connectivity index is 1.40. The first kappa shape index (κ1) is 21.0. The number of rotatable bonds is 10. The van der Waals surface area contributed by atoms with Crippen LogP contribution in [0.4, 0.5) is 0 Å². The van der Waals surface area contributed by atoms with E-state index in [0.717, 1.165) is 28.4 Å². The smallest absolute Gasteiger partial charge is 0.220 e. The van der Waals surface area contributed by atoms with Gasteiger partial charge in [0.15, 0.2) is 0 Å². The second-order valence-electron chi connectivity index (χ2n) is 7.05. The van der Waals surface area contributed by atoms with Gasteiger partial charge in [-0.1, -0.05) is 26.0 Å². The van der Waals surface area contributed by atoms with E-state index in [4.69, 9.17) is 9.15 Å². The number of carbonyl (C=O) groups excluding carboxylic acids is 1. The summed E-state index contributed by atoms with van der Waals surface area (Å²) in [5.41, 5.74) is 2.04. The van der Waals surface area contributed by atoms with Crippen molar-refractivity contribution in [2.75, 3.05) is 7.11 Å². The van der Waals surface area contributed by atoms with Gasteiger partial charge in [-0.3, -0.25) is 4.79 Å². The van der Waals surface area contributed by atoms with Crippen molar-refractivity contribution in [3.8, 4) is 5.75 Å². The van der Waals surface area contributed by atoms with Gasteiger partial charge in [-0.15, -0.1) is 21.5 Å². The van der Waals surface area contributed by atoms with Gasteiger partial charge < -0.3 is 14.5 Å². The van der Waals surface area contributed by atoms with E-state index in [1.165, 1.54) is 0 Å². The molecule has 8 heteroatoms. The van der Waals surface area contributed by atoms with Gasteiger partial charge in [-0.25, -0.2) is 4.98 Å². The van der Waals surface area contributed by atoms with Crippen molar-refractivity contribution in [1.82, 2.24) is 20.5 Å². The second kappa shape index (κ2) is 10.2. The summed E-state index contributed by atoms with van der Waals surface area (Å²) in [6.07, 6.45) is 2.16. The maximum atomic E-state index is 12.1. The number of thiazole rings is 1. The number of carbonyl (C=O) groups is 1. The molecule has 0 atom stereocenters. The van der Waals surface area contributed by atoms with E-state index >= 15 is 0 Å². The quantitative estimate of drug-likeness (QED) is 0.544. The second-order valence-corrected chi connectivity index (χ2v) is 7.94. The summed E-state index contributed by atoms with van der Waals surface area (Å²) in [4.78, 5) is 16.6. The van der Waals surface area contributed by atoms with Crippen LogP contribution in [-0.4, -0.2) is 28.2 Å². The molecule has 3 rings (SSSR count). The minimum atomic E-state index is -0.0553. The summed E-state index contributed by atoms with van der Waals surface area (Å²) in [6, 6.07) is 7.91. The third kappa shape index (κ3) is 6.39.